The second-order valence-corrected chi connectivity index (χ2v) is 4.65. The molecule has 1 aliphatic rings. The van der Waals surface area contributed by atoms with Gasteiger partial charge < -0.3 is 10.0 Å². The lowest BCUT2D eigenvalue weighted by Crippen LogP contribution is -2.32. The molecule has 1 saturated heterocycles. The maximum atomic E-state index is 11.4. The van der Waals surface area contributed by atoms with Gasteiger partial charge in [0.25, 0.3) is 5.56 Å². The van der Waals surface area contributed by atoms with Gasteiger partial charge in [0.05, 0.1) is 0 Å². The molecule has 0 saturated carbocycles. The highest BCUT2D eigenvalue weighted by molar-refractivity contribution is 14.1. The molecule has 0 bridgehead atoms. The molecule has 82 valence electrons. The van der Waals surface area contributed by atoms with Crippen molar-refractivity contribution in [2.75, 3.05) is 18.0 Å². The molecule has 2 N–H and O–H groups in total. The molecule has 0 spiro atoms. The first-order valence-corrected chi connectivity index (χ1v) is 6.00. The molecule has 0 aliphatic carbocycles. The number of H-pyrrole nitrogens is 1. The van der Waals surface area contributed by atoms with E-state index in [1.54, 1.807) is 22.6 Å². The minimum atomic E-state index is -0.274. The van der Waals surface area contributed by atoms with Crippen molar-refractivity contribution in [2.24, 2.45) is 0 Å². The number of anilines is 1. The lowest BCUT2D eigenvalue weighted by Gasteiger charge is -2.26. The fourth-order valence-corrected chi connectivity index (χ4v) is 1.95. The van der Waals surface area contributed by atoms with Crippen LogP contribution in [0.3, 0.4) is 0 Å². The number of hydrogen-bond acceptors (Lipinski definition) is 4. The van der Waals surface area contributed by atoms with Crippen LogP contribution in [0, 0.1) is 3.57 Å². The monoisotopic (exact) mass is 321 g/mol. The summed E-state index contributed by atoms with van der Waals surface area (Å²) < 4.78 is 0.244. The summed E-state index contributed by atoms with van der Waals surface area (Å²) in [7, 11) is 0. The average Bonchev–Trinajstić information content (AvgIpc) is 2.26. The first-order valence-electron chi connectivity index (χ1n) is 4.92. The molecule has 0 unspecified atom stereocenters. The predicted molar refractivity (Wildman–Crippen MR) is 65.3 cm³/mol. The molecule has 5 nitrogen and oxygen atoms in total. The van der Waals surface area contributed by atoms with Crippen LogP contribution in [0.5, 0.6) is 5.88 Å². The zero-order chi connectivity index (χ0) is 10.8. The van der Waals surface area contributed by atoms with Gasteiger partial charge in [0.1, 0.15) is 3.57 Å². The third-order valence-electron chi connectivity index (χ3n) is 2.49. The van der Waals surface area contributed by atoms with Crippen molar-refractivity contribution < 1.29 is 5.11 Å². The Kier molecular flexibility index (Phi) is 3.13. The van der Waals surface area contributed by atoms with E-state index < -0.39 is 0 Å². The summed E-state index contributed by atoms with van der Waals surface area (Å²) in [5.74, 6) is 0.303. The van der Waals surface area contributed by atoms with E-state index >= 15 is 0 Å². The van der Waals surface area contributed by atoms with Crippen molar-refractivity contribution >= 4 is 28.5 Å². The van der Waals surface area contributed by atoms with Crippen molar-refractivity contribution in [2.45, 2.75) is 19.3 Å². The van der Waals surface area contributed by atoms with Crippen molar-refractivity contribution in [1.29, 1.82) is 0 Å². The summed E-state index contributed by atoms with van der Waals surface area (Å²) in [4.78, 5) is 20.1. The molecule has 15 heavy (non-hydrogen) atoms. The minimum absolute atomic E-state index is 0.181. The van der Waals surface area contributed by atoms with Gasteiger partial charge in [-0.25, -0.2) is 0 Å². The lowest BCUT2D eigenvalue weighted by atomic mass is 10.1. The third-order valence-corrected chi connectivity index (χ3v) is 3.46. The molecule has 1 aromatic rings. The highest BCUT2D eigenvalue weighted by atomic mass is 127. The zero-order valence-electron chi connectivity index (χ0n) is 8.16. The average molecular weight is 321 g/mol. The van der Waals surface area contributed by atoms with E-state index in [-0.39, 0.29) is 15.0 Å². The molecule has 0 radical (unpaired) electrons. The van der Waals surface area contributed by atoms with Gasteiger partial charge in [-0.2, -0.15) is 4.98 Å². The summed E-state index contributed by atoms with van der Waals surface area (Å²) in [5, 5.41) is 9.45. The first-order chi connectivity index (χ1) is 7.18. The smallest absolute Gasteiger partial charge is 0.269 e. The fraction of sp³-hybridized carbons (Fsp3) is 0.556. The van der Waals surface area contributed by atoms with E-state index in [2.05, 4.69) is 9.97 Å². The molecule has 2 rings (SSSR count). The lowest BCUT2D eigenvalue weighted by molar-refractivity contribution is 0.444. The van der Waals surface area contributed by atoms with Crippen LogP contribution in [0.4, 0.5) is 5.95 Å². The maximum absolute atomic E-state index is 11.4. The number of halogens is 1. The van der Waals surface area contributed by atoms with Crippen molar-refractivity contribution in [3.8, 4) is 5.88 Å². The van der Waals surface area contributed by atoms with Gasteiger partial charge >= 0.3 is 0 Å². The van der Waals surface area contributed by atoms with E-state index in [0.717, 1.165) is 25.9 Å². The Hall–Kier alpha value is -0.790. The summed E-state index contributed by atoms with van der Waals surface area (Å²) in [6, 6.07) is 0. The van der Waals surface area contributed by atoms with Gasteiger partial charge in [0.15, 0.2) is 0 Å². The van der Waals surface area contributed by atoms with Crippen LogP contribution in [0.1, 0.15) is 19.3 Å². The second-order valence-electron chi connectivity index (χ2n) is 3.57. The number of aromatic hydroxyl groups is 1. The second kappa shape index (κ2) is 4.38. The van der Waals surface area contributed by atoms with Gasteiger partial charge in [-0.05, 0) is 41.9 Å². The number of nitrogens with zero attached hydrogens (tertiary/aromatic N) is 2. The summed E-state index contributed by atoms with van der Waals surface area (Å²) in [6.07, 6.45) is 3.43. The number of piperidine rings is 1. The summed E-state index contributed by atoms with van der Waals surface area (Å²) in [5.41, 5.74) is -0.274. The Morgan fingerprint density at radius 1 is 1.33 bits per heavy atom. The largest absolute Gasteiger partial charge is 0.492 e. The van der Waals surface area contributed by atoms with Crippen LogP contribution in [0.25, 0.3) is 0 Å². The van der Waals surface area contributed by atoms with E-state index in [1.807, 2.05) is 4.90 Å². The highest BCUT2D eigenvalue weighted by Gasteiger charge is 2.15. The van der Waals surface area contributed by atoms with Gasteiger partial charge in [-0.1, -0.05) is 0 Å². The Bertz CT molecular complexity index is 412. The van der Waals surface area contributed by atoms with Crippen LogP contribution >= 0.6 is 22.6 Å². The molecular formula is C9H12IN3O2. The van der Waals surface area contributed by atoms with Crippen molar-refractivity contribution in [3.63, 3.8) is 0 Å². The predicted octanol–water partition coefficient (Wildman–Crippen LogP) is 1.07. The van der Waals surface area contributed by atoms with Crippen LogP contribution < -0.4 is 10.5 Å². The molecule has 0 atom stereocenters. The van der Waals surface area contributed by atoms with E-state index in [0.29, 0.717) is 5.95 Å². The minimum Gasteiger partial charge on any atom is -0.492 e. The van der Waals surface area contributed by atoms with E-state index in [9.17, 15) is 9.90 Å². The van der Waals surface area contributed by atoms with Crippen LogP contribution in [0.2, 0.25) is 0 Å². The van der Waals surface area contributed by atoms with E-state index in [4.69, 9.17) is 0 Å². The van der Waals surface area contributed by atoms with Crippen molar-refractivity contribution in [3.05, 3.63) is 13.9 Å². The third kappa shape index (κ3) is 2.24. The quantitative estimate of drug-likeness (QED) is 0.759. The fourth-order valence-electron chi connectivity index (χ4n) is 1.69. The van der Waals surface area contributed by atoms with Crippen molar-refractivity contribution in [1.82, 2.24) is 9.97 Å². The highest BCUT2D eigenvalue weighted by Crippen LogP contribution is 2.18. The molecule has 1 aromatic heterocycles. The Balaban J connectivity index is 2.32. The molecule has 0 aromatic carbocycles. The Morgan fingerprint density at radius 3 is 2.60 bits per heavy atom. The molecular weight excluding hydrogens is 309 g/mol. The van der Waals surface area contributed by atoms with Gasteiger partial charge in [-0.3, -0.25) is 9.78 Å². The Morgan fingerprint density at radius 2 is 2.00 bits per heavy atom. The van der Waals surface area contributed by atoms with Gasteiger partial charge in [0, 0.05) is 13.1 Å². The molecule has 2 heterocycles. The summed E-state index contributed by atoms with van der Waals surface area (Å²) >= 11 is 1.78. The topological polar surface area (TPSA) is 69.2 Å². The number of aromatic nitrogens is 2. The number of aromatic amines is 1. The summed E-state index contributed by atoms with van der Waals surface area (Å²) in [6.45, 7) is 1.78. The zero-order valence-corrected chi connectivity index (χ0v) is 10.3. The Labute approximate surface area is 101 Å². The van der Waals surface area contributed by atoms with Gasteiger partial charge in [-0.15, -0.1) is 0 Å². The number of rotatable bonds is 1. The SMILES string of the molecule is O=c1[nH]c(N2CCCCC2)nc(O)c1I. The van der Waals surface area contributed by atoms with E-state index in [1.165, 1.54) is 6.42 Å². The van der Waals surface area contributed by atoms with Crippen LogP contribution in [0.15, 0.2) is 4.79 Å². The molecule has 1 fully saturated rings. The first kappa shape index (κ1) is 10.7. The normalized spacial score (nSPS) is 16.7. The molecule has 1 aliphatic heterocycles. The maximum Gasteiger partial charge on any atom is 0.269 e. The molecule has 6 heteroatoms. The molecule has 0 amide bonds. The standard InChI is InChI=1S/C9H12IN3O2/c10-6-7(14)11-9(12-8(6)15)13-4-2-1-3-5-13/h1-5H2,(H2,11,12,14,15). The van der Waals surface area contributed by atoms with Crippen LogP contribution in [-0.2, 0) is 0 Å². The number of nitrogens with one attached hydrogen (secondary N) is 1. The van der Waals surface area contributed by atoms with Gasteiger partial charge in [0.2, 0.25) is 11.8 Å². The van der Waals surface area contributed by atoms with Crippen LogP contribution in [-0.4, -0.2) is 28.2 Å². The number of hydrogen-bond donors (Lipinski definition) is 2.